The average molecular weight is 432 g/mol. The van der Waals surface area contributed by atoms with Crippen molar-refractivity contribution >= 4 is 5.91 Å². The molecule has 0 radical (unpaired) electrons. The number of amides is 1. The lowest BCUT2D eigenvalue weighted by Crippen LogP contribution is -2.29. The van der Waals surface area contributed by atoms with Gasteiger partial charge in [-0.25, -0.2) is 0 Å². The van der Waals surface area contributed by atoms with Crippen molar-refractivity contribution in [2.75, 3.05) is 13.2 Å². The van der Waals surface area contributed by atoms with Crippen LogP contribution in [0.5, 0.6) is 5.75 Å². The Kier molecular flexibility index (Phi) is 17.0. The van der Waals surface area contributed by atoms with Gasteiger partial charge in [-0.3, -0.25) is 4.79 Å². The first kappa shape index (κ1) is 27.5. The van der Waals surface area contributed by atoms with Crippen molar-refractivity contribution in [1.82, 2.24) is 5.32 Å². The van der Waals surface area contributed by atoms with E-state index < -0.39 is 0 Å². The van der Waals surface area contributed by atoms with Crippen LogP contribution < -0.4 is 10.1 Å². The van der Waals surface area contributed by atoms with E-state index in [2.05, 4.69) is 32.2 Å². The fourth-order valence-corrected chi connectivity index (χ4v) is 3.98. The second-order valence-electron chi connectivity index (χ2n) is 9.08. The normalized spacial score (nSPS) is 12.0. The molecule has 0 unspecified atom stereocenters. The monoisotopic (exact) mass is 431 g/mol. The number of carbonyl (C=O) groups is 1. The van der Waals surface area contributed by atoms with Crippen molar-refractivity contribution in [3.63, 3.8) is 0 Å². The van der Waals surface area contributed by atoms with Crippen molar-refractivity contribution in [2.24, 2.45) is 0 Å². The summed E-state index contributed by atoms with van der Waals surface area (Å²) in [5.74, 6) is 1.26. The van der Waals surface area contributed by atoms with Gasteiger partial charge in [0.1, 0.15) is 5.75 Å². The zero-order chi connectivity index (χ0) is 22.6. The summed E-state index contributed by atoms with van der Waals surface area (Å²) in [6, 6.07) is 8.05. The minimum absolute atomic E-state index is 0.0198. The summed E-state index contributed by atoms with van der Waals surface area (Å²) < 4.78 is 5.78. The van der Waals surface area contributed by atoms with Crippen LogP contribution in [0.3, 0.4) is 0 Å². The third-order valence-corrected chi connectivity index (χ3v) is 6.27. The number of nitrogens with one attached hydrogen (secondary N) is 1. The van der Waals surface area contributed by atoms with E-state index in [0.29, 0.717) is 5.92 Å². The maximum atomic E-state index is 12.1. The molecule has 0 saturated heterocycles. The molecule has 1 rings (SSSR count). The number of para-hydroxylation sites is 1. The summed E-state index contributed by atoms with van der Waals surface area (Å²) >= 11 is 0. The molecule has 0 aromatic heterocycles. The lowest BCUT2D eigenvalue weighted by molar-refractivity contribution is -0.123. The molecule has 0 spiro atoms. The minimum atomic E-state index is -0.0198. The summed E-state index contributed by atoms with van der Waals surface area (Å²) in [5, 5.41) is 3.00. The molecule has 1 atom stereocenters. The molecular weight excluding hydrogens is 382 g/mol. The van der Waals surface area contributed by atoms with Crippen LogP contribution in [0.4, 0.5) is 0 Å². The van der Waals surface area contributed by atoms with E-state index in [0.717, 1.165) is 25.1 Å². The second-order valence-corrected chi connectivity index (χ2v) is 9.08. The van der Waals surface area contributed by atoms with Crippen LogP contribution in [0.2, 0.25) is 0 Å². The number of carbonyl (C=O) groups excluding carboxylic acids is 1. The number of rotatable bonds is 20. The first-order valence-corrected chi connectivity index (χ1v) is 13.2. The molecule has 0 bridgehead atoms. The maximum absolute atomic E-state index is 12.1. The Hall–Kier alpha value is -1.51. The average Bonchev–Trinajstić information content (AvgIpc) is 2.79. The molecule has 3 nitrogen and oxygen atoms in total. The number of ether oxygens (including phenoxy) is 1. The second kappa shape index (κ2) is 19.2. The Labute approximate surface area is 192 Å². The third kappa shape index (κ3) is 14.2. The maximum Gasteiger partial charge on any atom is 0.257 e. The molecule has 1 amide bonds. The summed E-state index contributed by atoms with van der Waals surface area (Å²) in [5.41, 5.74) is 1.18. The van der Waals surface area contributed by atoms with Gasteiger partial charge in [-0.15, -0.1) is 0 Å². The molecule has 0 heterocycles. The Morgan fingerprint density at radius 1 is 0.806 bits per heavy atom. The highest BCUT2D eigenvalue weighted by Crippen LogP contribution is 2.28. The van der Waals surface area contributed by atoms with Crippen molar-refractivity contribution in [3.8, 4) is 5.75 Å². The number of unbranched alkanes of at least 4 members (excludes halogenated alkanes) is 13. The molecule has 178 valence electrons. The highest BCUT2D eigenvalue weighted by atomic mass is 16.5. The van der Waals surface area contributed by atoms with Crippen LogP contribution >= 0.6 is 0 Å². The Bertz CT molecular complexity index is 558. The van der Waals surface area contributed by atoms with Gasteiger partial charge in [-0.1, -0.05) is 122 Å². The van der Waals surface area contributed by atoms with Gasteiger partial charge in [0.05, 0.1) is 0 Å². The summed E-state index contributed by atoms with van der Waals surface area (Å²) in [7, 11) is 0. The highest BCUT2D eigenvalue weighted by Gasteiger charge is 2.10. The van der Waals surface area contributed by atoms with E-state index in [4.69, 9.17) is 4.74 Å². The number of hydrogen-bond donors (Lipinski definition) is 1. The SMILES string of the molecule is CCCCCCCCCCCCCCCCNC(=O)COc1ccccc1[C@@H](C)CC. The first-order valence-electron chi connectivity index (χ1n) is 13.2. The molecule has 0 saturated carbocycles. The van der Waals surface area contributed by atoms with Gasteiger partial charge < -0.3 is 10.1 Å². The molecule has 1 aromatic carbocycles. The largest absolute Gasteiger partial charge is 0.483 e. The molecule has 0 fully saturated rings. The topological polar surface area (TPSA) is 38.3 Å². The quantitative estimate of drug-likeness (QED) is 0.211. The van der Waals surface area contributed by atoms with Gasteiger partial charge in [-0.2, -0.15) is 0 Å². The third-order valence-electron chi connectivity index (χ3n) is 6.27. The molecular formula is C28H49NO2. The molecule has 1 N–H and O–H groups in total. The smallest absolute Gasteiger partial charge is 0.257 e. The predicted octanol–water partition coefficient (Wildman–Crippen LogP) is 8.18. The van der Waals surface area contributed by atoms with E-state index in [1.807, 2.05) is 18.2 Å². The Balaban J connectivity index is 1.93. The molecule has 31 heavy (non-hydrogen) atoms. The summed E-state index contributed by atoms with van der Waals surface area (Å²) in [6.45, 7) is 7.50. The van der Waals surface area contributed by atoms with E-state index in [9.17, 15) is 4.79 Å². The number of hydrogen-bond acceptors (Lipinski definition) is 2. The van der Waals surface area contributed by atoms with Gasteiger partial charge in [0, 0.05) is 6.54 Å². The van der Waals surface area contributed by atoms with E-state index in [1.54, 1.807) is 0 Å². The molecule has 0 aliphatic heterocycles. The van der Waals surface area contributed by atoms with Crippen LogP contribution in [0.1, 0.15) is 129 Å². The molecule has 3 heteroatoms. The van der Waals surface area contributed by atoms with Crippen LogP contribution in [0.15, 0.2) is 24.3 Å². The van der Waals surface area contributed by atoms with Crippen LogP contribution in [-0.4, -0.2) is 19.1 Å². The zero-order valence-corrected chi connectivity index (χ0v) is 20.7. The van der Waals surface area contributed by atoms with Crippen LogP contribution in [-0.2, 0) is 4.79 Å². The van der Waals surface area contributed by atoms with Crippen molar-refractivity contribution in [2.45, 2.75) is 123 Å². The van der Waals surface area contributed by atoms with Gasteiger partial charge >= 0.3 is 0 Å². The summed E-state index contributed by atoms with van der Waals surface area (Å²) in [4.78, 5) is 12.1. The Morgan fingerprint density at radius 3 is 1.87 bits per heavy atom. The fraction of sp³-hybridized carbons (Fsp3) is 0.750. The molecule has 0 aliphatic carbocycles. The molecule has 1 aromatic rings. The predicted molar refractivity (Wildman–Crippen MR) is 134 cm³/mol. The van der Waals surface area contributed by atoms with E-state index in [1.165, 1.54) is 89.0 Å². The lowest BCUT2D eigenvalue weighted by Gasteiger charge is -2.15. The van der Waals surface area contributed by atoms with Crippen molar-refractivity contribution in [3.05, 3.63) is 29.8 Å². The van der Waals surface area contributed by atoms with E-state index >= 15 is 0 Å². The Morgan fingerprint density at radius 2 is 1.32 bits per heavy atom. The van der Waals surface area contributed by atoms with Gasteiger partial charge in [0.15, 0.2) is 6.61 Å². The zero-order valence-electron chi connectivity index (χ0n) is 20.7. The fourth-order valence-electron chi connectivity index (χ4n) is 3.98. The van der Waals surface area contributed by atoms with Gasteiger partial charge in [0.25, 0.3) is 5.91 Å². The molecule has 0 aliphatic rings. The van der Waals surface area contributed by atoms with Gasteiger partial charge in [-0.05, 0) is 30.4 Å². The minimum Gasteiger partial charge on any atom is -0.483 e. The summed E-state index contributed by atoms with van der Waals surface area (Å²) in [6.07, 6.45) is 20.0. The standard InChI is InChI=1S/C28H49NO2/c1-4-6-7-8-9-10-11-12-13-14-15-16-17-20-23-29-28(30)24-31-27-22-19-18-21-26(27)25(3)5-2/h18-19,21-22,25H,4-17,20,23-24H2,1-3H3,(H,29,30)/t25-/m0/s1. The van der Waals surface area contributed by atoms with Crippen LogP contribution in [0.25, 0.3) is 0 Å². The lowest BCUT2D eigenvalue weighted by atomic mass is 9.98. The van der Waals surface area contributed by atoms with Gasteiger partial charge in [0.2, 0.25) is 0 Å². The van der Waals surface area contributed by atoms with Crippen molar-refractivity contribution < 1.29 is 9.53 Å². The van der Waals surface area contributed by atoms with E-state index in [-0.39, 0.29) is 12.5 Å². The van der Waals surface area contributed by atoms with Crippen LogP contribution in [0, 0.1) is 0 Å². The van der Waals surface area contributed by atoms with Crippen molar-refractivity contribution in [1.29, 1.82) is 0 Å². The first-order chi connectivity index (χ1) is 15.2. The highest BCUT2D eigenvalue weighted by molar-refractivity contribution is 5.77. The number of benzene rings is 1.